The van der Waals surface area contributed by atoms with Crippen LogP contribution in [0.25, 0.3) is 10.9 Å². The summed E-state index contributed by atoms with van der Waals surface area (Å²) in [6, 6.07) is 2.34. The Labute approximate surface area is 298 Å². The van der Waals surface area contributed by atoms with E-state index in [1.54, 1.807) is 36.8 Å². The van der Waals surface area contributed by atoms with E-state index in [9.17, 15) is 28.0 Å². The Morgan fingerprint density at radius 3 is 2.57 bits per heavy atom. The lowest BCUT2D eigenvalue weighted by atomic mass is 9.90. The Hall–Kier alpha value is -4.36. The topological polar surface area (TPSA) is 144 Å². The number of halogens is 4. The molecule has 274 valence electrons. The maximum Gasteiger partial charge on any atom is 0.471 e. The largest absolute Gasteiger partial charge is 0.471 e. The number of alkyl halides is 3. The molecule has 2 aromatic heterocycles. The molecule has 3 atom stereocenters. The van der Waals surface area contributed by atoms with Crippen LogP contribution in [-0.2, 0) is 22.5 Å². The van der Waals surface area contributed by atoms with Crippen LogP contribution in [0, 0.1) is 18.3 Å². The number of H-pyrrole nitrogens is 1. The van der Waals surface area contributed by atoms with Gasteiger partial charge >= 0.3 is 24.2 Å². The quantitative estimate of drug-likeness (QED) is 0.354. The monoisotopic (exact) mass is 731 g/mol. The van der Waals surface area contributed by atoms with E-state index < -0.39 is 35.9 Å². The van der Waals surface area contributed by atoms with Crippen LogP contribution in [0.5, 0.6) is 6.01 Å². The number of anilines is 1. The number of aromatic amines is 1. The Morgan fingerprint density at radius 2 is 1.90 bits per heavy atom. The summed E-state index contributed by atoms with van der Waals surface area (Å²) in [4.78, 5) is 42.3. The van der Waals surface area contributed by atoms with Crippen molar-refractivity contribution < 1.29 is 32.2 Å². The number of nitrogens with one attached hydrogen (secondary N) is 1. The van der Waals surface area contributed by atoms with Gasteiger partial charge in [-0.2, -0.15) is 33.5 Å². The van der Waals surface area contributed by atoms with Gasteiger partial charge in [-0.15, -0.1) is 0 Å². The summed E-state index contributed by atoms with van der Waals surface area (Å²) >= 11 is 7.00. The van der Waals surface area contributed by atoms with Crippen molar-refractivity contribution >= 4 is 40.3 Å². The fourth-order valence-electron chi connectivity index (χ4n) is 7.17. The van der Waals surface area contributed by atoms with Gasteiger partial charge in [0, 0.05) is 53.6 Å². The maximum atomic E-state index is 14.0. The number of carbonyl (C=O) groups is 2. The number of ether oxygens (including phenoxy) is 2. The van der Waals surface area contributed by atoms with Crippen molar-refractivity contribution in [2.24, 2.45) is 0 Å². The number of hydrogen-bond donors (Lipinski definition) is 1. The van der Waals surface area contributed by atoms with E-state index >= 15 is 0 Å². The van der Waals surface area contributed by atoms with Crippen LogP contribution < -0.4 is 9.64 Å². The SMILES string of the molecule is Cc1cc2[nH]ncc2c(C2Cc3nc(OC[C@@H]4CCCN4C)nc(N4CCN(C(=O)C(F)(F)F)[C@@H](CC#N)C4)c3CN2C(=O)OC(C)(C)C)c1Cl. The smallest absolute Gasteiger partial charge is 0.462 e. The zero-order chi connectivity index (χ0) is 36.8. The van der Waals surface area contributed by atoms with Gasteiger partial charge in [-0.05, 0) is 65.8 Å². The highest BCUT2D eigenvalue weighted by molar-refractivity contribution is 6.33. The zero-order valence-corrected chi connectivity index (χ0v) is 29.9. The first-order chi connectivity index (χ1) is 24.1. The summed E-state index contributed by atoms with van der Waals surface area (Å²) in [5.41, 5.74) is 2.48. The molecule has 0 aliphatic carbocycles. The summed E-state index contributed by atoms with van der Waals surface area (Å²) in [6.07, 6.45) is -2.19. The highest BCUT2D eigenvalue weighted by Gasteiger charge is 2.47. The molecular weight excluding hydrogens is 691 g/mol. The standard InChI is InChI=1S/C34H41ClF3N9O4/c1-19-13-25-22(15-40-43-25)27(28(19)35)26-14-24-23(17-47(26)32(49)51-33(2,3)4)29(42-31(41-24)50-18-21-7-6-10-44(21)5)45-11-12-46(20(16-45)8-9-39)30(48)34(36,37)38/h13,15,20-21,26H,6-8,10-12,14,16-18H2,1-5H3,(H,40,43)/t20-,21-,26?/m0/s1. The molecular formula is C34H41ClF3N9O4. The number of aryl methyl sites for hydroxylation is 1. The number of likely N-dealkylation sites (tertiary alicyclic amines) is 1. The number of amides is 2. The minimum atomic E-state index is -5.08. The third-order valence-corrected chi connectivity index (χ3v) is 10.2. The Balaban J connectivity index is 1.45. The first-order valence-corrected chi connectivity index (χ1v) is 17.3. The van der Waals surface area contributed by atoms with Crippen LogP contribution in [0.1, 0.15) is 68.5 Å². The second-order valence-electron chi connectivity index (χ2n) is 14.4. The predicted molar refractivity (Wildman–Crippen MR) is 181 cm³/mol. The number of hydrogen-bond acceptors (Lipinski definition) is 10. The zero-order valence-electron chi connectivity index (χ0n) is 29.2. The number of nitrogens with zero attached hydrogens (tertiary/aromatic N) is 8. The fraction of sp³-hybridized carbons (Fsp3) is 0.588. The van der Waals surface area contributed by atoms with Crippen molar-refractivity contribution in [3.8, 4) is 12.1 Å². The van der Waals surface area contributed by atoms with Gasteiger partial charge in [0.2, 0.25) is 0 Å². The number of rotatable bonds is 6. The number of piperazine rings is 1. The molecule has 17 heteroatoms. The van der Waals surface area contributed by atoms with E-state index in [1.807, 2.05) is 26.1 Å². The van der Waals surface area contributed by atoms with Crippen molar-refractivity contribution in [2.45, 2.75) is 89.8 Å². The van der Waals surface area contributed by atoms with E-state index in [0.29, 0.717) is 39.2 Å². The van der Waals surface area contributed by atoms with Crippen LogP contribution >= 0.6 is 11.6 Å². The molecule has 2 fully saturated rings. The first-order valence-electron chi connectivity index (χ1n) is 16.9. The number of carbonyl (C=O) groups excluding carboxylic acids is 2. The summed E-state index contributed by atoms with van der Waals surface area (Å²) in [7, 11) is 2.02. The molecule has 3 aliphatic rings. The van der Waals surface area contributed by atoms with Gasteiger partial charge in [0.25, 0.3) is 0 Å². The molecule has 0 bridgehead atoms. The number of likely N-dealkylation sites (N-methyl/N-ethyl adjacent to an activating group) is 1. The van der Waals surface area contributed by atoms with Gasteiger partial charge < -0.3 is 24.2 Å². The average molecular weight is 732 g/mol. The molecule has 1 N–H and O–H groups in total. The molecule has 2 saturated heterocycles. The van der Waals surface area contributed by atoms with Crippen molar-refractivity contribution in [3.05, 3.63) is 39.7 Å². The molecule has 3 aromatic rings. The van der Waals surface area contributed by atoms with Crippen LogP contribution in [0.15, 0.2) is 12.3 Å². The van der Waals surface area contributed by atoms with E-state index in [-0.39, 0.29) is 51.1 Å². The summed E-state index contributed by atoms with van der Waals surface area (Å²) in [5, 5.41) is 17.9. The van der Waals surface area contributed by atoms with Gasteiger partial charge in [-0.3, -0.25) is 14.8 Å². The molecule has 13 nitrogen and oxygen atoms in total. The number of fused-ring (bicyclic) bond motifs is 2. The lowest BCUT2D eigenvalue weighted by Crippen LogP contribution is -2.58. The third-order valence-electron chi connectivity index (χ3n) is 9.69. The van der Waals surface area contributed by atoms with Crippen LogP contribution in [-0.4, -0.2) is 111 Å². The van der Waals surface area contributed by atoms with Gasteiger partial charge in [-0.25, -0.2) is 4.79 Å². The third kappa shape index (κ3) is 7.50. The minimum absolute atomic E-state index is 0.00673. The van der Waals surface area contributed by atoms with Crippen molar-refractivity contribution in [1.29, 1.82) is 5.26 Å². The number of benzene rings is 1. The molecule has 6 rings (SSSR count). The average Bonchev–Trinajstić information content (AvgIpc) is 3.70. The van der Waals surface area contributed by atoms with E-state index in [0.717, 1.165) is 35.9 Å². The Bertz CT molecular complexity index is 1860. The Morgan fingerprint density at radius 1 is 1.14 bits per heavy atom. The second-order valence-corrected chi connectivity index (χ2v) is 14.8. The summed E-state index contributed by atoms with van der Waals surface area (Å²) < 4.78 is 52.7. The summed E-state index contributed by atoms with van der Waals surface area (Å²) in [6.45, 7) is 8.01. The lowest BCUT2D eigenvalue weighted by molar-refractivity contribution is -0.188. The van der Waals surface area contributed by atoms with Crippen molar-refractivity contribution in [1.82, 2.24) is 34.9 Å². The predicted octanol–water partition coefficient (Wildman–Crippen LogP) is 5.32. The lowest BCUT2D eigenvalue weighted by Gasteiger charge is -2.43. The molecule has 3 aliphatic heterocycles. The van der Waals surface area contributed by atoms with Gasteiger partial charge in [0.05, 0.1) is 48.5 Å². The van der Waals surface area contributed by atoms with Crippen molar-refractivity contribution in [2.75, 3.05) is 44.7 Å². The van der Waals surface area contributed by atoms with Crippen LogP contribution in [0.4, 0.5) is 23.8 Å². The molecule has 0 radical (unpaired) electrons. The fourth-order valence-corrected chi connectivity index (χ4v) is 7.45. The molecule has 1 unspecified atom stereocenters. The van der Waals surface area contributed by atoms with Crippen LogP contribution in [0.3, 0.4) is 0 Å². The van der Waals surface area contributed by atoms with E-state index in [1.165, 1.54) is 0 Å². The summed E-state index contributed by atoms with van der Waals surface area (Å²) in [5.74, 6) is -1.64. The second kappa shape index (κ2) is 14.0. The van der Waals surface area contributed by atoms with Crippen LogP contribution in [0.2, 0.25) is 5.02 Å². The molecule has 0 saturated carbocycles. The normalized spacial score (nSPS) is 21.5. The molecule has 51 heavy (non-hydrogen) atoms. The minimum Gasteiger partial charge on any atom is -0.462 e. The first kappa shape index (κ1) is 36.4. The highest BCUT2D eigenvalue weighted by Crippen LogP contribution is 2.44. The van der Waals surface area contributed by atoms with Gasteiger partial charge in [-0.1, -0.05) is 11.6 Å². The molecule has 1 aromatic carbocycles. The van der Waals surface area contributed by atoms with E-state index in [2.05, 4.69) is 15.1 Å². The number of nitriles is 1. The maximum absolute atomic E-state index is 14.0. The van der Waals surface area contributed by atoms with Gasteiger partial charge in [0.1, 0.15) is 18.0 Å². The van der Waals surface area contributed by atoms with E-state index in [4.69, 9.17) is 31.0 Å². The highest BCUT2D eigenvalue weighted by atomic mass is 35.5. The molecule has 5 heterocycles. The molecule has 0 spiro atoms. The number of aromatic nitrogens is 4. The van der Waals surface area contributed by atoms with Gasteiger partial charge in [0.15, 0.2) is 0 Å². The van der Waals surface area contributed by atoms with Crippen molar-refractivity contribution in [3.63, 3.8) is 0 Å². The molecule has 2 amide bonds. The Kier molecular flexibility index (Phi) is 9.99.